The van der Waals surface area contributed by atoms with E-state index in [1.54, 1.807) is 17.0 Å². The minimum absolute atomic E-state index is 0.182. The van der Waals surface area contributed by atoms with Gasteiger partial charge in [-0.15, -0.1) is 10.2 Å². The summed E-state index contributed by atoms with van der Waals surface area (Å²) in [6.45, 7) is 1.61. The van der Waals surface area contributed by atoms with E-state index in [1.807, 2.05) is 0 Å². The maximum Gasteiger partial charge on any atom is 0.242 e. The van der Waals surface area contributed by atoms with E-state index in [9.17, 15) is 18.8 Å². The van der Waals surface area contributed by atoms with E-state index in [-0.39, 0.29) is 42.9 Å². The molecule has 9 heteroatoms. The van der Waals surface area contributed by atoms with E-state index >= 15 is 0 Å². The molecular weight excluding hydrogens is 401 g/mol. The molecule has 4 rings (SSSR count). The molecule has 3 heterocycles. The third kappa shape index (κ3) is 4.81. The molecule has 0 aliphatic carbocycles. The molecule has 0 bridgehead atoms. The number of rotatable bonds is 3. The van der Waals surface area contributed by atoms with Gasteiger partial charge >= 0.3 is 0 Å². The number of hydrogen-bond donors (Lipinski definition) is 0. The summed E-state index contributed by atoms with van der Waals surface area (Å²) in [4.78, 5) is 39.4. The van der Waals surface area contributed by atoms with Crippen LogP contribution in [0.1, 0.15) is 44.3 Å². The SMILES string of the molecule is O=C(CN1C(=O)CCC1=O)N1CCCCCCn2c(nnc2-c2ccc(F)cc2)CC1. The van der Waals surface area contributed by atoms with Gasteiger partial charge < -0.3 is 9.47 Å². The van der Waals surface area contributed by atoms with Gasteiger partial charge in [-0.25, -0.2) is 4.39 Å². The standard InChI is InChI=1S/C22H26FN5O3/c23-17-7-5-16(6-8-17)22-25-24-18-11-14-26(12-3-1-2-4-13-27(18)22)21(31)15-28-19(29)9-10-20(28)30/h5-8H,1-4,9-15H2. The van der Waals surface area contributed by atoms with Crippen molar-refractivity contribution >= 4 is 17.7 Å². The number of nitrogens with zero attached hydrogens (tertiary/aromatic N) is 5. The lowest BCUT2D eigenvalue weighted by atomic mass is 10.1. The van der Waals surface area contributed by atoms with Crippen molar-refractivity contribution in [1.82, 2.24) is 24.6 Å². The Morgan fingerprint density at radius 1 is 0.871 bits per heavy atom. The second-order valence-corrected chi connectivity index (χ2v) is 8.02. The first-order valence-corrected chi connectivity index (χ1v) is 10.8. The average molecular weight is 427 g/mol. The summed E-state index contributed by atoms with van der Waals surface area (Å²) in [7, 11) is 0. The number of fused-ring (bicyclic) bond motifs is 1. The van der Waals surface area contributed by atoms with Crippen molar-refractivity contribution in [1.29, 1.82) is 0 Å². The predicted molar refractivity (Wildman–Crippen MR) is 110 cm³/mol. The third-order valence-corrected chi connectivity index (χ3v) is 5.90. The summed E-state index contributed by atoms with van der Waals surface area (Å²) in [6, 6.07) is 6.20. The molecule has 1 aromatic heterocycles. The maximum atomic E-state index is 13.3. The van der Waals surface area contributed by atoms with Crippen molar-refractivity contribution in [3.05, 3.63) is 35.9 Å². The molecule has 0 saturated carbocycles. The van der Waals surface area contributed by atoms with Crippen LogP contribution in [-0.4, -0.2) is 61.9 Å². The lowest BCUT2D eigenvalue weighted by molar-refractivity contribution is -0.145. The Kier molecular flexibility index (Phi) is 6.39. The van der Waals surface area contributed by atoms with E-state index in [1.165, 1.54) is 12.1 Å². The van der Waals surface area contributed by atoms with Crippen LogP contribution < -0.4 is 0 Å². The molecule has 3 amide bonds. The number of hydrogen-bond acceptors (Lipinski definition) is 5. The third-order valence-electron chi connectivity index (χ3n) is 5.90. The van der Waals surface area contributed by atoms with Gasteiger partial charge in [-0.3, -0.25) is 19.3 Å². The molecule has 8 nitrogen and oxygen atoms in total. The number of benzene rings is 1. The van der Waals surface area contributed by atoms with Crippen molar-refractivity contribution in [3.8, 4) is 11.4 Å². The molecule has 0 N–H and O–H groups in total. The molecule has 0 radical (unpaired) electrons. The number of halogens is 1. The number of carbonyl (C=O) groups excluding carboxylic acids is 3. The minimum atomic E-state index is -0.301. The number of amides is 3. The zero-order valence-electron chi connectivity index (χ0n) is 17.4. The first kappa shape index (κ1) is 21.1. The average Bonchev–Trinajstić information content (AvgIpc) is 3.29. The van der Waals surface area contributed by atoms with Crippen LogP contribution in [0.5, 0.6) is 0 Å². The van der Waals surface area contributed by atoms with E-state index in [4.69, 9.17) is 0 Å². The maximum absolute atomic E-state index is 13.3. The van der Waals surface area contributed by atoms with Crippen molar-refractivity contribution in [2.24, 2.45) is 0 Å². The molecule has 31 heavy (non-hydrogen) atoms. The molecule has 1 saturated heterocycles. The van der Waals surface area contributed by atoms with E-state index < -0.39 is 0 Å². The van der Waals surface area contributed by atoms with Crippen LogP contribution in [0.2, 0.25) is 0 Å². The Balaban J connectivity index is 1.51. The van der Waals surface area contributed by atoms with Crippen LogP contribution in [0, 0.1) is 5.82 Å². The molecule has 0 spiro atoms. The lowest BCUT2D eigenvalue weighted by Crippen LogP contribution is -2.43. The van der Waals surface area contributed by atoms with Gasteiger partial charge in [0.25, 0.3) is 0 Å². The highest BCUT2D eigenvalue weighted by molar-refractivity contribution is 6.04. The number of imide groups is 1. The zero-order valence-corrected chi connectivity index (χ0v) is 17.4. The second kappa shape index (κ2) is 9.36. The smallest absolute Gasteiger partial charge is 0.242 e. The Morgan fingerprint density at radius 2 is 1.55 bits per heavy atom. The van der Waals surface area contributed by atoms with Gasteiger partial charge in [0.2, 0.25) is 17.7 Å². The Hall–Kier alpha value is -3.10. The van der Waals surface area contributed by atoms with Crippen LogP contribution in [0.15, 0.2) is 24.3 Å². The quantitative estimate of drug-likeness (QED) is 0.701. The van der Waals surface area contributed by atoms with Crippen LogP contribution in [0.4, 0.5) is 4.39 Å². The fourth-order valence-corrected chi connectivity index (χ4v) is 4.12. The number of likely N-dealkylation sites (tertiary alicyclic amines) is 1. The van der Waals surface area contributed by atoms with Gasteiger partial charge in [-0.2, -0.15) is 0 Å². The fraction of sp³-hybridized carbons (Fsp3) is 0.500. The molecular formula is C22H26FN5O3. The van der Waals surface area contributed by atoms with Crippen molar-refractivity contribution < 1.29 is 18.8 Å². The van der Waals surface area contributed by atoms with E-state index in [0.29, 0.717) is 25.3 Å². The molecule has 0 atom stereocenters. The van der Waals surface area contributed by atoms with Gasteiger partial charge in [0.15, 0.2) is 5.82 Å². The molecule has 2 aliphatic rings. The molecule has 1 aromatic carbocycles. The zero-order chi connectivity index (χ0) is 21.8. The van der Waals surface area contributed by atoms with Gasteiger partial charge in [0.05, 0.1) is 0 Å². The van der Waals surface area contributed by atoms with Gasteiger partial charge in [-0.1, -0.05) is 12.8 Å². The molecule has 2 aliphatic heterocycles. The first-order valence-electron chi connectivity index (χ1n) is 10.8. The van der Waals surface area contributed by atoms with E-state index in [0.717, 1.165) is 48.5 Å². The summed E-state index contributed by atoms with van der Waals surface area (Å²) in [5.74, 6) is 0.394. The summed E-state index contributed by atoms with van der Waals surface area (Å²) < 4.78 is 15.4. The summed E-state index contributed by atoms with van der Waals surface area (Å²) >= 11 is 0. The predicted octanol–water partition coefficient (Wildman–Crippen LogP) is 2.18. The topological polar surface area (TPSA) is 88.4 Å². The van der Waals surface area contributed by atoms with E-state index in [2.05, 4.69) is 14.8 Å². The number of carbonyl (C=O) groups is 3. The van der Waals surface area contributed by atoms with Crippen LogP contribution >= 0.6 is 0 Å². The fourth-order valence-electron chi connectivity index (χ4n) is 4.12. The normalized spacial score (nSPS) is 18.1. The highest BCUT2D eigenvalue weighted by Crippen LogP contribution is 2.21. The summed E-state index contributed by atoms with van der Waals surface area (Å²) in [5.41, 5.74) is 0.800. The van der Waals surface area contributed by atoms with Crippen LogP contribution in [-0.2, 0) is 27.3 Å². The Labute approximate surface area is 180 Å². The summed E-state index contributed by atoms with van der Waals surface area (Å²) in [5, 5.41) is 8.67. The van der Waals surface area contributed by atoms with Crippen molar-refractivity contribution in [2.75, 3.05) is 19.6 Å². The molecule has 2 aromatic rings. The molecule has 1 fully saturated rings. The monoisotopic (exact) mass is 427 g/mol. The summed E-state index contributed by atoms with van der Waals surface area (Å²) in [6.07, 6.45) is 4.70. The van der Waals surface area contributed by atoms with Gasteiger partial charge in [0.1, 0.15) is 18.2 Å². The highest BCUT2D eigenvalue weighted by atomic mass is 19.1. The molecule has 164 valence electrons. The Morgan fingerprint density at radius 3 is 2.26 bits per heavy atom. The van der Waals surface area contributed by atoms with Crippen LogP contribution in [0.3, 0.4) is 0 Å². The van der Waals surface area contributed by atoms with Crippen LogP contribution in [0.25, 0.3) is 11.4 Å². The second-order valence-electron chi connectivity index (χ2n) is 8.02. The lowest BCUT2D eigenvalue weighted by Gasteiger charge is -2.24. The highest BCUT2D eigenvalue weighted by Gasteiger charge is 2.32. The number of aromatic nitrogens is 3. The van der Waals surface area contributed by atoms with Gasteiger partial charge in [0, 0.05) is 44.5 Å². The minimum Gasteiger partial charge on any atom is -0.341 e. The van der Waals surface area contributed by atoms with Crippen molar-refractivity contribution in [2.45, 2.75) is 51.5 Å². The van der Waals surface area contributed by atoms with Crippen molar-refractivity contribution in [3.63, 3.8) is 0 Å². The van der Waals surface area contributed by atoms with Gasteiger partial charge in [-0.05, 0) is 37.1 Å². The molecule has 0 unspecified atom stereocenters. The largest absolute Gasteiger partial charge is 0.341 e. The first-order chi connectivity index (χ1) is 15.0. The Bertz CT molecular complexity index is 956.